The lowest BCUT2D eigenvalue weighted by Crippen LogP contribution is -2.54. The van der Waals surface area contributed by atoms with E-state index in [1.165, 1.54) is 20.8 Å². The Hall–Kier alpha value is -0.270. The smallest absolute Gasteiger partial charge is 0.268 e. The predicted molar refractivity (Wildman–Crippen MR) is 74.7 cm³/mol. The Morgan fingerprint density at radius 2 is 0.857 bits per heavy atom. The van der Waals surface area contributed by atoms with Gasteiger partial charge in [-0.25, -0.2) is 0 Å². The van der Waals surface area contributed by atoms with E-state index in [-0.39, 0.29) is 0 Å². The standard InChI is InChI=1S/C9H20O9S3/c1-5-9(19(10,11)16-6-2,20(12,13)17-7-3)21(14,15)18-8-4/h5-8H2,1-4H3. The SMILES string of the molecule is CCOS(=O)(=O)C(CC)(S(=O)(=O)OCC)S(=O)(=O)OCC. The van der Waals surface area contributed by atoms with E-state index in [2.05, 4.69) is 12.5 Å². The molecule has 0 aliphatic carbocycles. The largest absolute Gasteiger partial charge is 0.345 e. The van der Waals surface area contributed by atoms with Crippen molar-refractivity contribution in [2.75, 3.05) is 19.8 Å². The van der Waals surface area contributed by atoms with E-state index in [1.54, 1.807) is 0 Å². The van der Waals surface area contributed by atoms with Gasteiger partial charge in [0.05, 0.1) is 19.8 Å². The molecular formula is C9H20O9S3. The van der Waals surface area contributed by atoms with Crippen molar-refractivity contribution in [1.82, 2.24) is 0 Å². The molecule has 21 heavy (non-hydrogen) atoms. The molecule has 12 heteroatoms. The molecule has 0 aliphatic heterocycles. The summed E-state index contributed by atoms with van der Waals surface area (Å²) in [5, 5.41) is 0. The third-order valence-corrected chi connectivity index (χ3v) is 10.9. The summed E-state index contributed by atoms with van der Waals surface area (Å²) in [4.78, 5) is 0. The van der Waals surface area contributed by atoms with Gasteiger partial charge in [-0.2, -0.15) is 25.3 Å². The average molecular weight is 368 g/mol. The fourth-order valence-electron chi connectivity index (χ4n) is 1.64. The van der Waals surface area contributed by atoms with Crippen LogP contribution in [0.4, 0.5) is 0 Å². The quantitative estimate of drug-likeness (QED) is 0.494. The van der Waals surface area contributed by atoms with Gasteiger partial charge in [-0.3, -0.25) is 12.5 Å². The second-order valence-corrected chi connectivity index (χ2v) is 9.92. The minimum Gasteiger partial charge on any atom is -0.268 e. The highest BCUT2D eigenvalue weighted by Crippen LogP contribution is 2.38. The number of hydrogen-bond donors (Lipinski definition) is 0. The van der Waals surface area contributed by atoms with Gasteiger partial charge in [0.2, 0.25) is 0 Å². The summed E-state index contributed by atoms with van der Waals surface area (Å²) < 4.78 is 83.0. The first-order chi connectivity index (χ1) is 9.49. The molecule has 0 rings (SSSR count). The molecule has 0 unspecified atom stereocenters. The van der Waals surface area contributed by atoms with Crippen molar-refractivity contribution in [2.24, 2.45) is 0 Å². The van der Waals surface area contributed by atoms with Crippen LogP contribution in [0, 0.1) is 0 Å². The molecule has 0 fully saturated rings. The second kappa shape index (κ2) is 7.33. The van der Waals surface area contributed by atoms with Crippen LogP contribution in [0.1, 0.15) is 34.1 Å². The van der Waals surface area contributed by atoms with Gasteiger partial charge >= 0.3 is 33.8 Å². The summed E-state index contributed by atoms with van der Waals surface area (Å²) in [6.45, 7) is 3.59. The van der Waals surface area contributed by atoms with Crippen LogP contribution in [0.5, 0.6) is 0 Å². The van der Waals surface area contributed by atoms with Crippen molar-refractivity contribution >= 4 is 30.4 Å². The van der Waals surface area contributed by atoms with E-state index in [0.717, 1.165) is 6.92 Å². The summed E-state index contributed by atoms with van der Waals surface area (Å²) in [6, 6.07) is 0. The first kappa shape index (κ1) is 20.7. The molecule has 0 aromatic carbocycles. The lowest BCUT2D eigenvalue weighted by molar-refractivity contribution is 0.297. The van der Waals surface area contributed by atoms with E-state index < -0.39 is 60.0 Å². The van der Waals surface area contributed by atoms with Crippen molar-refractivity contribution in [3.63, 3.8) is 0 Å². The van der Waals surface area contributed by atoms with Crippen LogP contribution in [0.2, 0.25) is 0 Å². The van der Waals surface area contributed by atoms with Gasteiger partial charge < -0.3 is 0 Å². The third kappa shape index (κ3) is 3.56. The third-order valence-electron chi connectivity index (χ3n) is 2.39. The molecule has 9 nitrogen and oxygen atoms in total. The minimum absolute atomic E-state index is 0.437. The van der Waals surface area contributed by atoms with Crippen LogP contribution in [0.3, 0.4) is 0 Å². The normalized spacial score (nSPS) is 14.3. The second-order valence-electron chi connectivity index (χ2n) is 3.62. The van der Waals surface area contributed by atoms with Gasteiger partial charge in [0, 0.05) is 6.42 Å². The summed E-state index contributed by atoms with van der Waals surface area (Å²) >= 11 is 0. The average Bonchev–Trinajstić information content (AvgIpc) is 2.28. The molecule has 0 aromatic heterocycles. The maximum Gasteiger partial charge on any atom is 0.345 e. The zero-order valence-corrected chi connectivity index (χ0v) is 14.7. The summed E-state index contributed by atoms with van der Waals surface area (Å²) in [7, 11) is -15.2. The Bertz CT molecular complexity index is 542. The van der Waals surface area contributed by atoms with Gasteiger partial charge in [-0.15, -0.1) is 0 Å². The molecule has 0 heterocycles. The highest BCUT2D eigenvalue weighted by molar-refractivity contribution is 8.21. The number of hydrogen-bond acceptors (Lipinski definition) is 9. The highest BCUT2D eigenvalue weighted by Gasteiger charge is 2.67. The Kier molecular flexibility index (Phi) is 7.24. The maximum absolute atomic E-state index is 12.2. The first-order valence-electron chi connectivity index (χ1n) is 6.16. The van der Waals surface area contributed by atoms with Crippen LogP contribution in [-0.2, 0) is 42.9 Å². The molecule has 0 atom stereocenters. The van der Waals surface area contributed by atoms with Crippen LogP contribution >= 0.6 is 0 Å². The zero-order chi connectivity index (χ0) is 16.9. The van der Waals surface area contributed by atoms with E-state index in [0.29, 0.717) is 0 Å². The molecule has 0 radical (unpaired) electrons. The molecule has 0 bridgehead atoms. The molecule has 0 saturated heterocycles. The van der Waals surface area contributed by atoms with Crippen molar-refractivity contribution in [3.8, 4) is 0 Å². The molecule has 0 amide bonds. The summed E-state index contributed by atoms with van der Waals surface area (Å²) in [5.41, 5.74) is 0. The Labute approximate surface area is 126 Å². The van der Waals surface area contributed by atoms with E-state index in [4.69, 9.17) is 0 Å². The minimum atomic E-state index is -5.07. The van der Waals surface area contributed by atoms with E-state index in [1.807, 2.05) is 0 Å². The molecule has 0 aromatic rings. The number of rotatable bonds is 10. The van der Waals surface area contributed by atoms with Crippen LogP contribution in [-0.4, -0.2) is 48.5 Å². The van der Waals surface area contributed by atoms with E-state index in [9.17, 15) is 25.3 Å². The van der Waals surface area contributed by atoms with Gasteiger partial charge in [0.15, 0.2) is 0 Å². The molecule has 0 aliphatic rings. The Morgan fingerprint density at radius 3 is 1.00 bits per heavy atom. The lowest BCUT2D eigenvalue weighted by Gasteiger charge is -2.28. The molecule has 0 N–H and O–H groups in total. The monoisotopic (exact) mass is 368 g/mol. The summed E-state index contributed by atoms with van der Waals surface area (Å²) in [5.74, 6) is 0. The van der Waals surface area contributed by atoms with Gasteiger partial charge in [0.1, 0.15) is 0 Å². The Morgan fingerprint density at radius 1 is 0.619 bits per heavy atom. The maximum atomic E-state index is 12.2. The highest BCUT2D eigenvalue weighted by atomic mass is 32.3. The Balaban J connectivity index is 6.65. The van der Waals surface area contributed by atoms with Gasteiger partial charge in [-0.05, 0) is 20.8 Å². The molecular weight excluding hydrogens is 348 g/mol. The lowest BCUT2D eigenvalue weighted by atomic mass is 10.6. The van der Waals surface area contributed by atoms with Crippen molar-refractivity contribution < 1.29 is 37.8 Å². The van der Waals surface area contributed by atoms with Crippen LogP contribution in [0.25, 0.3) is 0 Å². The van der Waals surface area contributed by atoms with Crippen LogP contribution < -0.4 is 0 Å². The molecule has 128 valence electrons. The van der Waals surface area contributed by atoms with Gasteiger partial charge in [-0.1, -0.05) is 6.92 Å². The van der Waals surface area contributed by atoms with Crippen molar-refractivity contribution in [2.45, 2.75) is 37.5 Å². The molecule has 0 saturated carbocycles. The van der Waals surface area contributed by atoms with E-state index >= 15 is 0 Å². The zero-order valence-electron chi connectivity index (χ0n) is 12.2. The topological polar surface area (TPSA) is 130 Å². The predicted octanol–water partition coefficient (Wildman–Crippen LogP) is 0.149. The fourth-order valence-corrected chi connectivity index (χ4v) is 8.04. The van der Waals surface area contributed by atoms with Gasteiger partial charge in [0.25, 0.3) is 0 Å². The summed E-state index contributed by atoms with van der Waals surface area (Å²) in [6.07, 6.45) is -0.847. The van der Waals surface area contributed by atoms with Crippen molar-refractivity contribution in [1.29, 1.82) is 0 Å². The molecule has 0 spiro atoms. The van der Waals surface area contributed by atoms with Crippen molar-refractivity contribution in [3.05, 3.63) is 0 Å². The fraction of sp³-hybridized carbons (Fsp3) is 1.00. The first-order valence-corrected chi connectivity index (χ1v) is 10.4. The van der Waals surface area contributed by atoms with Crippen LogP contribution in [0.15, 0.2) is 0 Å².